The average Bonchev–Trinajstić information content (AvgIpc) is 2.48. The highest BCUT2D eigenvalue weighted by Gasteiger charge is 2.37. The van der Waals surface area contributed by atoms with Crippen LogP contribution in [0, 0.1) is 0 Å². The second-order valence-corrected chi connectivity index (χ2v) is 7.02. The van der Waals surface area contributed by atoms with E-state index in [0.717, 1.165) is 5.57 Å². The molecular formula is C11H9BrO3S. The molecule has 0 saturated heterocycles. The molecule has 1 aromatic rings. The zero-order chi connectivity index (χ0) is 11.5. The lowest BCUT2D eigenvalue weighted by Gasteiger charge is -2.26. The lowest BCUT2D eigenvalue weighted by molar-refractivity contribution is 0.173. The van der Waals surface area contributed by atoms with Crippen molar-refractivity contribution in [2.75, 3.05) is 0 Å². The Labute approximate surface area is 102 Å². The molecule has 0 amide bonds. The van der Waals surface area contributed by atoms with E-state index in [1.807, 2.05) is 0 Å². The second-order valence-electron chi connectivity index (χ2n) is 4.07. The fourth-order valence-corrected chi connectivity index (χ4v) is 4.50. The Kier molecular flexibility index (Phi) is 2.09. The zero-order valence-electron chi connectivity index (χ0n) is 8.22. The van der Waals surface area contributed by atoms with Gasteiger partial charge >= 0.3 is 0 Å². The predicted octanol–water partition coefficient (Wildman–Crippen LogP) is 2.02. The monoisotopic (exact) mass is 300 g/mol. The number of aliphatic hydroxyl groups is 1. The number of aliphatic hydroxyl groups excluding tert-OH is 1. The van der Waals surface area contributed by atoms with Gasteiger partial charge in [0.1, 0.15) is 0 Å². The molecule has 1 aliphatic heterocycles. The average molecular weight is 301 g/mol. The van der Waals surface area contributed by atoms with E-state index in [4.69, 9.17) is 0 Å². The van der Waals surface area contributed by atoms with E-state index >= 15 is 0 Å². The first-order valence-electron chi connectivity index (χ1n) is 4.92. The molecule has 2 unspecified atom stereocenters. The van der Waals surface area contributed by atoms with Crippen LogP contribution in [0.1, 0.15) is 23.7 Å². The molecule has 0 radical (unpaired) electrons. The molecular weight excluding hydrogens is 292 g/mol. The molecule has 1 N–H and O–H groups in total. The molecule has 16 heavy (non-hydrogen) atoms. The van der Waals surface area contributed by atoms with E-state index in [2.05, 4.69) is 15.9 Å². The normalized spacial score (nSPS) is 29.8. The summed E-state index contributed by atoms with van der Waals surface area (Å²) in [7, 11) is -3.29. The van der Waals surface area contributed by atoms with Gasteiger partial charge in [0.15, 0.2) is 0 Å². The van der Waals surface area contributed by atoms with Crippen molar-refractivity contribution in [3.8, 4) is 0 Å². The second kappa shape index (κ2) is 3.18. The van der Waals surface area contributed by atoms with Gasteiger partial charge in [-0.05, 0) is 23.6 Å². The van der Waals surface area contributed by atoms with Crippen LogP contribution in [0.2, 0.25) is 0 Å². The Morgan fingerprint density at radius 2 is 2.12 bits per heavy atom. The van der Waals surface area contributed by atoms with Gasteiger partial charge in [0, 0.05) is 15.8 Å². The van der Waals surface area contributed by atoms with Crippen LogP contribution in [-0.2, 0) is 9.84 Å². The summed E-state index contributed by atoms with van der Waals surface area (Å²) in [6.45, 7) is 0. The van der Waals surface area contributed by atoms with Crippen LogP contribution in [0.5, 0.6) is 0 Å². The molecule has 2 aliphatic rings. The van der Waals surface area contributed by atoms with Crippen molar-refractivity contribution in [3.63, 3.8) is 0 Å². The Balaban J connectivity index is 2.39. The fraction of sp³-hybridized carbons (Fsp3) is 0.273. The molecule has 0 bridgehead atoms. The van der Waals surface area contributed by atoms with Crippen molar-refractivity contribution in [1.82, 2.24) is 0 Å². The van der Waals surface area contributed by atoms with Gasteiger partial charge in [-0.2, -0.15) is 0 Å². The summed E-state index contributed by atoms with van der Waals surface area (Å²) >= 11 is 3.38. The highest BCUT2D eigenvalue weighted by molar-refractivity contribution is 9.09. The summed E-state index contributed by atoms with van der Waals surface area (Å²) in [5, 5.41) is 11.3. The number of benzene rings is 1. The third kappa shape index (κ3) is 1.25. The van der Waals surface area contributed by atoms with Crippen LogP contribution in [0.4, 0.5) is 0 Å². The molecule has 1 aliphatic carbocycles. The first-order valence-corrected chi connectivity index (χ1v) is 7.38. The van der Waals surface area contributed by atoms with E-state index in [-0.39, 0.29) is 4.83 Å². The van der Waals surface area contributed by atoms with Crippen LogP contribution >= 0.6 is 15.9 Å². The molecule has 84 valence electrons. The number of halogens is 1. The van der Waals surface area contributed by atoms with E-state index in [0.29, 0.717) is 22.4 Å². The molecule has 0 saturated carbocycles. The maximum atomic E-state index is 11.8. The van der Waals surface area contributed by atoms with Gasteiger partial charge in [-0.1, -0.05) is 28.1 Å². The minimum Gasteiger partial charge on any atom is -0.387 e. The van der Waals surface area contributed by atoms with Gasteiger partial charge in [-0.25, -0.2) is 8.42 Å². The largest absolute Gasteiger partial charge is 0.387 e. The Hall–Kier alpha value is -0.650. The first kappa shape index (κ1) is 10.5. The predicted molar refractivity (Wildman–Crippen MR) is 63.9 cm³/mol. The van der Waals surface area contributed by atoms with Gasteiger partial charge in [0.25, 0.3) is 0 Å². The SMILES string of the molecule is O=S1(=O)C=C2CC(Br)C(O)c3cccc1c32. The number of rotatable bonds is 0. The molecule has 0 spiro atoms. The van der Waals surface area contributed by atoms with E-state index < -0.39 is 15.9 Å². The first-order chi connectivity index (χ1) is 7.50. The molecule has 1 heterocycles. The van der Waals surface area contributed by atoms with Crippen LogP contribution in [0.25, 0.3) is 5.57 Å². The Morgan fingerprint density at radius 1 is 1.38 bits per heavy atom. The maximum Gasteiger partial charge on any atom is 0.200 e. The van der Waals surface area contributed by atoms with Crippen LogP contribution in [0.3, 0.4) is 0 Å². The molecule has 5 heteroatoms. The third-order valence-electron chi connectivity index (χ3n) is 3.06. The summed E-state index contributed by atoms with van der Waals surface area (Å²) in [6.07, 6.45) is -0.0925. The standard InChI is InChI=1S/C11H9BrO3S/c12-8-4-6-5-16(14,15)9-3-1-2-7(10(6)9)11(8)13/h1-3,5,8,11,13H,4H2. The topological polar surface area (TPSA) is 54.4 Å². The highest BCUT2D eigenvalue weighted by atomic mass is 79.9. The molecule has 3 rings (SSSR count). The minimum absolute atomic E-state index is 0.116. The van der Waals surface area contributed by atoms with Gasteiger partial charge in [0.05, 0.1) is 11.0 Å². The number of hydrogen-bond acceptors (Lipinski definition) is 3. The summed E-state index contributed by atoms with van der Waals surface area (Å²) in [4.78, 5) is 0.216. The summed E-state index contributed by atoms with van der Waals surface area (Å²) in [6, 6.07) is 5.06. The summed E-state index contributed by atoms with van der Waals surface area (Å²) in [5.74, 6) is 0. The Morgan fingerprint density at radius 3 is 2.88 bits per heavy atom. The van der Waals surface area contributed by atoms with Crippen molar-refractivity contribution >= 4 is 31.3 Å². The lowest BCUT2D eigenvalue weighted by atomic mass is 9.86. The molecule has 2 atom stereocenters. The fourth-order valence-electron chi connectivity index (χ4n) is 2.35. The number of hydrogen-bond donors (Lipinski definition) is 1. The van der Waals surface area contributed by atoms with E-state index in [1.54, 1.807) is 18.2 Å². The molecule has 1 aromatic carbocycles. The number of allylic oxidation sites excluding steroid dienone is 1. The molecule has 0 aromatic heterocycles. The minimum atomic E-state index is -3.29. The molecule has 0 fully saturated rings. The van der Waals surface area contributed by atoms with E-state index in [1.165, 1.54) is 5.41 Å². The van der Waals surface area contributed by atoms with Gasteiger partial charge in [-0.15, -0.1) is 0 Å². The van der Waals surface area contributed by atoms with Crippen molar-refractivity contribution in [3.05, 3.63) is 34.7 Å². The lowest BCUT2D eigenvalue weighted by Crippen LogP contribution is -2.19. The van der Waals surface area contributed by atoms with Crippen molar-refractivity contribution in [2.45, 2.75) is 22.2 Å². The summed E-state index contributed by atoms with van der Waals surface area (Å²) < 4.78 is 23.7. The summed E-state index contributed by atoms with van der Waals surface area (Å²) in [5.41, 5.74) is 2.22. The van der Waals surface area contributed by atoms with Gasteiger partial charge < -0.3 is 5.11 Å². The highest BCUT2D eigenvalue weighted by Crippen LogP contribution is 2.47. The van der Waals surface area contributed by atoms with Crippen LogP contribution < -0.4 is 0 Å². The smallest absolute Gasteiger partial charge is 0.200 e. The van der Waals surface area contributed by atoms with Crippen molar-refractivity contribution in [2.24, 2.45) is 0 Å². The van der Waals surface area contributed by atoms with Crippen molar-refractivity contribution < 1.29 is 13.5 Å². The third-order valence-corrected chi connectivity index (χ3v) is 5.43. The quantitative estimate of drug-likeness (QED) is 0.746. The van der Waals surface area contributed by atoms with Gasteiger partial charge in [-0.3, -0.25) is 0 Å². The molecule has 3 nitrogen and oxygen atoms in total. The Bertz CT molecular complexity index is 604. The maximum absolute atomic E-state index is 11.8. The number of sulfone groups is 1. The van der Waals surface area contributed by atoms with Gasteiger partial charge in [0.2, 0.25) is 9.84 Å². The van der Waals surface area contributed by atoms with Crippen molar-refractivity contribution in [1.29, 1.82) is 0 Å². The van der Waals surface area contributed by atoms with Crippen LogP contribution in [-0.4, -0.2) is 18.4 Å². The zero-order valence-corrected chi connectivity index (χ0v) is 10.6. The van der Waals surface area contributed by atoms with E-state index in [9.17, 15) is 13.5 Å². The number of alkyl halides is 1. The van der Waals surface area contributed by atoms with Crippen LogP contribution in [0.15, 0.2) is 28.5 Å².